The van der Waals surface area contributed by atoms with E-state index in [0.717, 1.165) is 22.0 Å². The van der Waals surface area contributed by atoms with E-state index in [-0.39, 0.29) is 17.6 Å². The number of benzene rings is 2. The lowest BCUT2D eigenvalue weighted by Gasteiger charge is -2.19. The van der Waals surface area contributed by atoms with Crippen molar-refractivity contribution in [3.05, 3.63) is 93.4 Å². The number of aromatic amines is 2. The van der Waals surface area contributed by atoms with Crippen LogP contribution in [0, 0.1) is 13.8 Å². The zero-order chi connectivity index (χ0) is 22.1. The summed E-state index contributed by atoms with van der Waals surface area (Å²) in [7, 11) is 0. The van der Waals surface area contributed by atoms with Crippen LogP contribution in [0.15, 0.2) is 54.7 Å². The highest BCUT2D eigenvalue weighted by atomic mass is 35.5. The second kappa shape index (κ2) is 8.44. The van der Waals surface area contributed by atoms with Crippen molar-refractivity contribution in [2.24, 2.45) is 0 Å². The standard InChI is InChI=1S/C25H24ClN3O2/c1-14-23(16(3)30)15(2)29-24(14)25(31)28-13-19(17-8-4-6-10-21(17)26)20-12-27-22-11-7-5-9-18(20)22/h4-12,19,27,29H,13H2,1-3H3,(H,28,31)/t19-/m0/s1. The molecule has 0 spiro atoms. The van der Waals surface area contributed by atoms with E-state index in [1.54, 1.807) is 13.8 Å². The Balaban J connectivity index is 1.68. The van der Waals surface area contributed by atoms with Gasteiger partial charge in [-0.15, -0.1) is 0 Å². The molecular weight excluding hydrogens is 410 g/mol. The molecule has 1 atom stereocenters. The second-order valence-corrected chi connectivity index (χ2v) is 8.16. The summed E-state index contributed by atoms with van der Waals surface area (Å²) in [6.45, 7) is 5.46. The lowest BCUT2D eigenvalue weighted by molar-refractivity contribution is 0.0947. The molecule has 0 aliphatic rings. The normalized spacial score (nSPS) is 12.1. The van der Waals surface area contributed by atoms with Crippen LogP contribution in [0.1, 0.15) is 56.1 Å². The molecule has 0 aliphatic heterocycles. The van der Waals surface area contributed by atoms with Gasteiger partial charge in [-0.1, -0.05) is 48.0 Å². The molecule has 5 nitrogen and oxygen atoms in total. The molecule has 0 radical (unpaired) electrons. The Morgan fingerprint density at radius 2 is 1.74 bits per heavy atom. The molecule has 31 heavy (non-hydrogen) atoms. The molecule has 0 fully saturated rings. The van der Waals surface area contributed by atoms with Gasteiger partial charge in [-0.05, 0) is 49.6 Å². The van der Waals surface area contributed by atoms with E-state index in [1.807, 2.05) is 48.7 Å². The minimum Gasteiger partial charge on any atom is -0.361 e. The Morgan fingerprint density at radius 1 is 1.03 bits per heavy atom. The number of rotatable bonds is 6. The third-order valence-electron chi connectivity index (χ3n) is 5.76. The Kier molecular flexibility index (Phi) is 5.70. The number of carbonyl (C=O) groups excluding carboxylic acids is 2. The van der Waals surface area contributed by atoms with Gasteiger partial charge >= 0.3 is 0 Å². The maximum Gasteiger partial charge on any atom is 0.268 e. The van der Waals surface area contributed by atoms with Gasteiger partial charge in [0.25, 0.3) is 5.91 Å². The molecule has 0 saturated heterocycles. The molecule has 6 heteroatoms. The molecular formula is C25H24ClN3O2. The Labute approximate surface area is 185 Å². The number of halogens is 1. The first-order chi connectivity index (χ1) is 14.9. The maximum absolute atomic E-state index is 13.0. The summed E-state index contributed by atoms with van der Waals surface area (Å²) >= 11 is 6.54. The molecule has 2 aromatic carbocycles. The van der Waals surface area contributed by atoms with Gasteiger partial charge in [-0.25, -0.2) is 0 Å². The van der Waals surface area contributed by atoms with E-state index in [1.165, 1.54) is 6.92 Å². The summed E-state index contributed by atoms with van der Waals surface area (Å²) in [6, 6.07) is 15.7. The lowest BCUT2D eigenvalue weighted by atomic mass is 9.90. The fourth-order valence-corrected chi connectivity index (χ4v) is 4.58. The summed E-state index contributed by atoms with van der Waals surface area (Å²) in [6.07, 6.45) is 1.97. The number of amides is 1. The average Bonchev–Trinajstić information content (AvgIpc) is 3.30. The number of fused-ring (bicyclic) bond motifs is 1. The number of carbonyl (C=O) groups is 2. The van der Waals surface area contributed by atoms with Crippen LogP contribution >= 0.6 is 11.6 Å². The molecule has 0 bridgehead atoms. The summed E-state index contributed by atoms with van der Waals surface area (Å²) in [5.74, 6) is -0.444. The third kappa shape index (κ3) is 3.89. The summed E-state index contributed by atoms with van der Waals surface area (Å²) in [5, 5.41) is 4.78. The summed E-state index contributed by atoms with van der Waals surface area (Å²) in [5.41, 5.74) is 5.40. The molecule has 0 unspecified atom stereocenters. The molecule has 158 valence electrons. The van der Waals surface area contributed by atoms with E-state index in [2.05, 4.69) is 21.4 Å². The van der Waals surface area contributed by atoms with E-state index in [9.17, 15) is 9.59 Å². The minimum atomic E-state index is -0.245. The highest BCUT2D eigenvalue weighted by Crippen LogP contribution is 2.34. The van der Waals surface area contributed by atoms with Crippen LogP contribution in [0.2, 0.25) is 5.02 Å². The number of hydrogen-bond donors (Lipinski definition) is 3. The smallest absolute Gasteiger partial charge is 0.268 e. The molecule has 3 N–H and O–H groups in total. The number of nitrogens with one attached hydrogen (secondary N) is 3. The van der Waals surface area contributed by atoms with Gasteiger partial charge in [0, 0.05) is 45.8 Å². The van der Waals surface area contributed by atoms with E-state index < -0.39 is 0 Å². The molecule has 4 aromatic rings. The van der Waals surface area contributed by atoms with Crippen molar-refractivity contribution in [1.82, 2.24) is 15.3 Å². The number of hydrogen-bond acceptors (Lipinski definition) is 2. The van der Waals surface area contributed by atoms with Gasteiger partial charge in [0.15, 0.2) is 5.78 Å². The van der Waals surface area contributed by atoms with Gasteiger partial charge in [0.2, 0.25) is 0 Å². The number of para-hydroxylation sites is 1. The topological polar surface area (TPSA) is 77.8 Å². The largest absolute Gasteiger partial charge is 0.361 e. The second-order valence-electron chi connectivity index (χ2n) is 7.75. The van der Waals surface area contributed by atoms with Crippen molar-refractivity contribution in [3.8, 4) is 0 Å². The van der Waals surface area contributed by atoms with Crippen LogP contribution in [0.5, 0.6) is 0 Å². The monoisotopic (exact) mass is 433 g/mol. The zero-order valence-corrected chi connectivity index (χ0v) is 18.4. The average molecular weight is 434 g/mol. The van der Waals surface area contributed by atoms with Gasteiger partial charge in [0.05, 0.1) is 0 Å². The van der Waals surface area contributed by atoms with Gasteiger partial charge in [-0.3, -0.25) is 9.59 Å². The van der Waals surface area contributed by atoms with Crippen molar-refractivity contribution >= 4 is 34.2 Å². The van der Waals surface area contributed by atoms with Gasteiger partial charge < -0.3 is 15.3 Å². The molecule has 2 aromatic heterocycles. The molecule has 0 saturated carbocycles. The van der Waals surface area contributed by atoms with Crippen LogP contribution in [0.3, 0.4) is 0 Å². The van der Waals surface area contributed by atoms with Crippen molar-refractivity contribution in [3.63, 3.8) is 0 Å². The summed E-state index contributed by atoms with van der Waals surface area (Å²) in [4.78, 5) is 31.3. The molecule has 1 amide bonds. The number of aryl methyl sites for hydroxylation is 1. The van der Waals surface area contributed by atoms with Gasteiger partial charge in [-0.2, -0.15) is 0 Å². The Bertz CT molecular complexity index is 1290. The highest BCUT2D eigenvalue weighted by molar-refractivity contribution is 6.31. The number of aromatic nitrogens is 2. The van der Waals surface area contributed by atoms with Crippen molar-refractivity contribution < 1.29 is 9.59 Å². The predicted octanol–water partition coefficient (Wildman–Crippen LogP) is 5.53. The number of H-pyrrole nitrogens is 2. The van der Waals surface area contributed by atoms with Crippen LogP contribution in [0.4, 0.5) is 0 Å². The fraction of sp³-hybridized carbons (Fsp3) is 0.200. The number of ketones is 1. The first-order valence-corrected chi connectivity index (χ1v) is 10.5. The highest BCUT2D eigenvalue weighted by Gasteiger charge is 2.24. The molecule has 0 aliphatic carbocycles. The van der Waals surface area contributed by atoms with E-state index in [0.29, 0.717) is 34.1 Å². The Hall–Kier alpha value is -3.31. The minimum absolute atomic E-state index is 0.0574. The van der Waals surface area contributed by atoms with Crippen LogP contribution in [-0.4, -0.2) is 28.2 Å². The first-order valence-electron chi connectivity index (χ1n) is 10.2. The van der Waals surface area contributed by atoms with Crippen LogP contribution < -0.4 is 5.32 Å². The van der Waals surface area contributed by atoms with Crippen molar-refractivity contribution in [2.45, 2.75) is 26.7 Å². The van der Waals surface area contributed by atoms with Gasteiger partial charge in [0.1, 0.15) is 5.69 Å². The van der Waals surface area contributed by atoms with E-state index in [4.69, 9.17) is 11.6 Å². The maximum atomic E-state index is 13.0. The SMILES string of the molecule is CC(=O)c1c(C)[nH]c(C(=O)NC[C@@H](c2ccccc2Cl)c2c[nH]c3ccccc23)c1C. The Morgan fingerprint density at radius 3 is 2.45 bits per heavy atom. The fourth-order valence-electron chi connectivity index (χ4n) is 4.32. The molecule has 2 heterocycles. The number of Topliss-reactive ketones (excluding diaryl/α,β-unsaturated/α-hetero) is 1. The van der Waals surface area contributed by atoms with E-state index >= 15 is 0 Å². The zero-order valence-electron chi connectivity index (χ0n) is 17.7. The van der Waals surface area contributed by atoms with Crippen molar-refractivity contribution in [1.29, 1.82) is 0 Å². The van der Waals surface area contributed by atoms with Crippen LogP contribution in [-0.2, 0) is 0 Å². The van der Waals surface area contributed by atoms with Crippen molar-refractivity contribution in [2.75, 3.05) is 6.54 Å². The first kappa shape index (κ1) is 20.9. The third-order valence-corrected chi connectivity index (χ3v) is 6.10. The molecule has 4 rings (SSSR count). The lowest BCUT2D eigenvalue weighted by Crippen LogP contribution is -2.29. The quantitative estimate of drug-likeness (QED) is 0.349. The predicted molar refractivity (Wildman–Crippen MR) is 124 cm³/mol. The van der Waals surface area contributed by atoms with Crippen LogP contribution in [0.25, 0.3) is 10.9 Å². The summed E-state index contributed by atoms with van der Waals surface area (Å²) < 4.78 is 0.